The summed E-state index contributed by atoms with van der Waals surface area (Å²) in [6.07, 6.45) is 4.83. The van der Waals surface area contributed by atoms with Gasteiger partial charge in [0.05, 0.1) is 11.8 Å². The van der Waals surface area contributed by atoms with Crippen LogP contribution >= 0.6 is 15.9 Å². The zero-order valence-corrected chi connectivity index (χ0v) is 13.6. The number of carbonyl (C=O) groups excluding carboxylic acids is 1. The molecule has 21 heavy (non-hydrogen) atoms. The molecule has 5 nitrogen and oxygen atoms in total. The highest BCUT2D eigenvalue weighted by molar-refractivity contribution is 9.09. The number of hydrogen-bond donors (Lipinski definition) is 1. The predicted molar refractivity (Wildman–Crippen MR) is 82.7 cm³/mol. The zero-order valence-electron chi connectivity index (χ0n) is 12.0. The van der Waals surface area contributed by atoms with Gasteiger partial charge in [-0.3, -0.25) is 9.69 Å². The molecule has 0 atom stereocenters. The van der Waals surface area contributed by atoms with Crippen LogP contribution in [0.2, 0.25) is 0 Å². The quantitative estimate of drug-likeness (QED) is 0.843. The van der Waals surface area contributed by atoms with Crippen molar-refractivity contribution in [1.29, 1.82) is 0 Å². The minimum absolute atomic E-state index is 0.0666. The monoisotopic (exact) mass is 354 g/mol. The number of aromatic nitrogens is 1. The number of fused-ring (bicyclic) bond motifs is 1. The van der Waals surface area contributed by atoms with E-state index in [1.807, 2.05) is 13.0 Å². The number of carbonyl (C=O) groups is 1. The van der Waals surface area contributed by atoms with Gasteiger partial charge in [-0.1, -0.05) is 6.92 Å². The second-order valence-corrected chi connectivity index (χ2v) is 6.27. The first-order valence-corrected chi connectivity index (χ1v) is 8.40. The first-order chi connectivity index (χ1) is 10.1. The fourth-order valence-electron chi connectivity index (χ4n) is 3.17. The van der Waals surface area contributed by atoms with Crippen LogP contribution in [0.1, 0.15) is 38.2 Å². The lowest BCUT2D eigenvalue weighted by molar-refractivity contribution is -0.122. The van der Waals surface area contributed by atoms with Crippen molar-refractivity contribution in [2.24, 2.45) is 0 Å². The van der Waals surface area contributed by atoms with Gasteiger partial charge >= 0.3 is 0 Å². The zero-order chi connectivity index (χ0) is 15.0. The van der Waals surface area contributed by atoms with Crippen LogP contribution in [0.15, 0.2) is 12.3 Å². The second-order valence-electron chi connectivity index (χ2n) is 5.81. The summed E-state index contributed by atoms with van der Waals surface area (Å²) in [4.78, 5) is 18.5. The van der Waals surface area contributed by atoms with E-state index in [2.05, 4.69) is 20.9 Å². The number of rotatable bonds is 4. The normalized spacial score (nSPS) is 28.0. The average molecular weight is 355 g/mol. The molecule has 1 aromatic heterocycles. The van der Waals surface area contributed by atoms with Crippen LogP contribution in [-0.4, -0.2) is 33.2 Å². The molecule has 0 saturated heterocycles. The number of hydrogen-bond acceptors (Lipinski definition) is 4. The number of ether oxygens (including phenoxy) is 1. The molecule has 3 rings (SSSR count). The van der Waals surface area contributed by atoms with E-state index < -0.39 is 5.60 Å². The van der Waals surface area contributed by atoms with E-state index >= 15 is 0 Å². The molecule has 0 radical (unpaired) electrons. The maximum atomic E-state index is 12.3. The summed E-state index contributed by atoms with van der Waals surface area (Å²) in [6, 6.07) is 2.02. The van der Waals surface area contributed by atoms with Crippen LogP contribution in [-0.2, 0) is 11.2 Å². The number of halogens is 1. The van der Waals surface area contributed by atoms with Crippen LogP contribution in [0.4, 0.5) is 5.82 Å². The number of aryl methyl sites for hydroxylation is 1. The minimum Gasteiger partial charge on any atom is -0.481 e. The Morgan fingerprint density at radius 2 is 2.29 bits per heavy atom. The van der Waals surface area contributed by atoms with Crippen molar-refractivity contribution in [2.45, 2.75) is 50.7 Å². The summed E-state index contributed by atoms with van der Waals surface area (Å²) >= 11 is 3.23. The Balaban J connectivity index is 1.85. The van der Waals surface area contributed by atoms with Gasteiger partial charge in [0, 0.05) is 12.5 Å². The van der Waals surface area contributed by atoms with Crippen molar-refractivity contribution in [3.63, 3.8) is 0 Å². The van der Waals surface area contributed by atoms with Gasteiger partial charge in [0.2, 0.25) is 5.91 Å². The van der Waals surface area contributed by atoms with Crippen LogP contribution in [0.3, 0.4) is 0 Å². The molecule has 1 aliphatic carbocycles. The second kappa shape index (κ2) is 5.57. The smallest absolute Gasteiger partial charge is 0.228 e. The molecule has 1 amide bonds. The lowest BCUT2D eigenvalue weighted by Crippen LogP contribution is -2.58. The Labute approximate surface area is 132 Å². The lowest BCUT2D eigenvalue weighted by Gasteiger charge is -2.49. The van der Waals surface area contributed by atoms with E-state index in [-0.39, 0.29) is 11.9 Å². The van der Waals surface area contributed by atoms with Gasteiger partial charge in [0.25, 0.3) is 0 Å². The van der Waals surface area contributed by atoms with Crippen LogP contribution < -0.4 is 9.64 Å². The number of amides is 1. The summed E-state index contributed by atoms with van der Waals surface area (Å²) in [6.45, 7) is 1.98. The summed E-state index contributed by atoms with van der Waals surface area (Å²) < 4.78 is 5.40. The van der Waals surface area contributed by atoms with E-state index in [0.717, 1.165) is 17.8 Å². The third-order valence-corrected chi connectivity index (χ3v) is 4.73. The molecule has 0 aromatic carbocycles. The Bertz CT molecular complexity index is 558. The van der Waals surface area contributed by atoms with Crippen LogP contribution in [0, 0.1) is 0 Å². The highest BCUT2D eigenvalue weighted by Crippen LogP contribution is 2.42. The van der Waals surface area contributed by atoms with Crippen molar-refractivity contribution in [3.05, 3.63) is 17.8 Å². The van der Waals surface area contributed by atoms with E-state index in [4.69, 9.17) is 4.74 Å². The summed E-state index contributed by atoms with van der Waals surface area (Å²) in [5.74, 6) is 1.54. The largest absolute Gasteiger partial charge is 0.481 e. The van der Waals surface area contributed by atoms with Gasteiger partial charge < -0.3 is 9.84 Å². The van der Waals surface area contributed by atoms with Crippen molar-refractivity contribution in [3.8, 4) is 5.75 Å². The molecule has 1 fully saturated rings. The number of nitrogens with zero attached hydrogens (tertiary/aromatic N) is 2. The molecule has 1 aliphatic heterocycles. The summed E-state index contributed by atoms with van der Waals surface area (Å²) in [5.41, 5.74) is 0.851. The number of pyridine rings is 1. The molecule has 2 aliphatic rings. The molecule has 1 aromatic rings. The lowest BCUT2D eigenvalue weighted by atomic mass is 9.73. The van der Waals surface area contributed by atoms with E-state index in [9.17, 15) is 9.90 Å². The highest BCUT2D eigenvalue weighted by atomic mass is 79.9. The topological polar surface area (TPSA) is 62.7 Å². The molecular formula is C15H19BrN2O3. The highest BCUT2D eigenvalue weighted by Gasteiger charge is 2.47. The maximum absolute atomic E-state index is 12.3. The van der Waals surface area contributed by atoms with Gasteiger partial charge in [0.1, 0.15) is 17.1 Å². The summed E-state index contributed by atoms with van der Waals surface area (Å²) in [7, 11) is 0. The molecule has 6 heteroatoms. The molecule has 0 unspecified atom stereocenters. The van der Waals surface area contributed by atoms with Crippen LogP contribution in [0.5, 0.6) is 5.75 Å². The van der Waals surface area contributed by atoms with Crippen LogP contribution in [0.25, 0.3) is 0 Å². The SMILES string of the molecule is CCC1(O)CC(N2C(=O)CCc3cc(OCBr)cnc32)C1. The Kier molecular flexibility index (Phi) is 3.92. The molecular weight excluding hydrogens is 336 g/mol. The third kappa shape index (κ3) is 2.66. The average Bonchev–Trinajstić information content (AvgIpc) is 2.45. The first kappa shape index (κ1) is 14.8. The summed E-state index contributed by atoms with van der Waals surface area (Å²) in [5, 5.41) is 10.2. The van der Waals surface area contributed by atoms with Gasteiger partial charge in [-0.05, 0) is 53.2 Å². The molecule has 1 N–H and O–H groups in total. The fraction of sp³-hybridized carbons (Fsp3) is 0.600. The Hall–Kier alpha value is -1.14. The maximum Gasteiger partial charge on any atom is 0.228 e. The standard InChI is InChI=1S/C15H19BrN2O3/c1-2-15(20)6-11(7-15)18-13(19)4-3-10-5-12(21-9-16)8-17-14(10)18/h5,8,11,20H,2-4,6-7,9H2,1H3. The van der Waals surface area contributed by atoms with E-state index in [0.29, 0.717) is 36.9 Å². The Morgan fingerprint density at radius 1 is 1.52 bits per heavy atom. The third-order valence-electron chi connectivity index (χ3n) is 4.50. The van der Waals surface area contributed by atoms with Crippen molar-refractivity contribution in [2.75, 3.05) is 10.4 Å². The van der Waals surface area contributed by atoms with E-state index in [1.54, 1.807) is 11.1 Å². The number of alkyl halides is 1. The predicted octanol–water partition coefficient (Wildman–Crippen LogP) is 2.40. The van der Waals surface area contributed by atoms with Gasteiger partial charge in [-0.25, -0.2) is 4.98 Å². The number of aliphatic hydroxyl groups is 1. The van der Waals surface area contributed by atoms with Crippen molar-refractivity contribution < 1.29 is 14.6 Å². The molecule has 1 saturated carbocycles. The van der Waals surface area contributed by atoms with Crippen molar-refractivity contribution >= 4 is 27.7 Å². The van der Waals surface area contributed by atoms with Gasteiger partial charge in [-0.15, -0.1) is 0 Å². The Morgan fingerprint density at radius 3 is 2.95 bits per heavy atom. The van der Waals surface area contributed by atoms with E-state index in [1.165, 1.54) is 0 Å². The minimum atomic E-state index is -0.610. The molecule has 0 spiro atoms. The molecule has 0 bridgehead atoms. The molecule has 114 valence electrons. The first-order valence-electron chi connectivity index (χ1n) is 7.28. The fourth-order valence-corrected chi connectivity index (χ4v) is 3.43. The molecule has 2 heterocycles. The van der Waals surface area contributed by atoms with Gasteiger partial charge in [0.15, 0.2) is 0 Å². The van der Waals surface area contributed by atoms with Crippen molar-refractivity contribution in [1.82, 2.24) is 4.98 Å². The number of anilines is 1. The van der Waals surface area contributed by atoms with Gasteiger partial charge in [-0.2, -0.15) is 0 Å².